The van der Waals surface area contributed by atoms with Crippen molar-refractivity contribution in [3.05, 3.63) is 53.6 Å². The summed E-state index contributed by atoms with van der Waals surface area (Å²) in [6.45, 7) is 0. The normalized spacial score (nSPS) is 10.0. The van der Waals surface area contributed by atoms with Gasteiger partial charge in [-0.15, -0.1) is 0 Å². The van der Waals surface area contributed by atoms with Gasteiger partial charge in [0, 0.05) is 11.3 Å². The van der Waals surface area contributed by atoms with Crippen LogP contribution in [-0.2, 0) is 0 Å². The molecule has 0 aromatic heterocycles. The molecule has 0 aliphatic rings. The summed E-state index contributed by atoms with van der Waals surface area (Å²) in [6, 6.07) is 9.81. The molecule has 2 rings (SSSR count). The van der Waals surface area contributed by atoms with Crippen LogP contribution in [0.15, 0.2) is 42.5 Å². The molecular weight excluding hydrogens is 262 g/mol. The number of carbonyl (C=O) groups is 2. The summed E-state index contributed by atoms with van der Waals surface area (Å²) in [6.07, 6.45) is 0. The van der Waals surface area contributed by atoms with E-state index in [1.807, 2.05) is 0 Å². The second kappa shape index (κ2) is 5.31. The quantitative estimate of drug-likeness (QED) is 0.806. The molecule has 0 fully saturated rings. The summed E-state index contributed by atoms with van der Waals surface area (Å²) < 4.78 is 5.40. The van der Waals surface area contributed by atoms with Crippen molar-refractivity contribution >= 4 is 17.6 Å². The Hall–Kier alpha value is -3.02. The van der Waals surface area contributed by atoms with E-state index in [1.165, 1.54) is 12.1 Å². The molecule has 3 N–H and O–H groups in total. The Morgan fingerprint density at radius 3 is 2.15 bits per heavy atom. The maximum absolute atomic E-state index is 10.9. The molecule has 0 saturated carbocycles. The summed E-state index contributed by atoms with van der Waals surface area (Å²) in [5, 5.41) is 19.8. The molecule has 0 amide bonds. The van der Waals surface area contributed by atoms with Crippen molar-refractivity contribution in [2.45, 2.75) is 0 Å². The van der Waals surface area contributed by atoms with Crippen molar-refractivity contribution < 1.29 is 24.5 Å². The van der Waals surface area contributed by atoms with Gasteiger partial charge in [-0.25, -0.2) is 4.79 Å². The molecule has 2 aromatic rings. The van der Waals surface area contributed by atoms with E-state index in [2.05, 4.69) is 0 Å². The summed E-state index contributed by atoms with van der Waals surface area (Å²) in [5.74, 6) is -2.23. The number of carbonyl (C=O) groups excluding carboxylic acids is 1. The number of hydrogen-bond acceptors (Lipinski definition) is 5. The monoisotopic (exact) mass is 272 g/mol. The first-order valence-corrected chi connectivity index (χ1v) is 5.59. The maximum atomic E-state index is 10.9. The first-order valence-electron chi connectivity index (χ1n) is 5.59. The van der Waals surface area contributed by atoms with Crippen molar-refractivity contribution in [3.63, 3.8) is 0 Å². The molecule has 102 valence electrons. The van der Waals surface area contributed by atoms with Crippen LogP contribution in [0.4, 0.5) is 5.69 Å². The van der Waals surface area contributed by atoms with Crippen molar-refractivity contribution in [2.75, 3.05) is 5.73 Å². The molecule has 0 bridgehead atoms. The van der Waals surface area contributed by atoms with Crippen molar-refractivity contribution in [3.8, 4) is 11.5 Å². The fourth-order valence-corrected chi connectivity index (χ4v) is 1.57. The zero-order valence-electron chi connectivity index (χ0n) is 10.2. The van der Waals surface area contributed by atoms with Gasteiger partial charge in [-0.1, -0.05) is 0 Å². The maximum Gasteiger partial charge on any atom is 0.335 e. The number of rotatable bonds is 4. The third-order valence-corrected chi connectivity index (χ3v) is 2.50. The number of ether oxygens (including phenoxy) is 1. The minimum Gasteiger partial charge on any atom is -0.545 e. The zero-order valence-corrected chi connectivity index (χ0v) is 10.2. The predicted molar refractivity (Wildman–Crippen MR) is 68.7 cm³/mol. The number of benzene rings is 2. The lowest BCUT2D eigenvalue weighted by Crippen LogP contribution is -2.22. The summed E-state index contributed by atoms with van der Waals surface area (Å²) in [7, 11) is 0. The van der Waals surface area contributed by atoms with Crippen LogP contribution in [0.2, 0.25) is 0 Å². The van der Waals surface area contributed by atoms with E-state index in [0.29, 0.717) is 11.4 Å². The van der Waals surface area contributed by atoms with Crippen LogP contribution < -0.4 is 15.6 Å². The van der Waals surface area contributed by atoms with Crippen LogP contribution in [0.1, 0.15) is 20.7 Å². The molecule has 6 heteroatoms. The Labute approximate surface area is 114 Å². The Balaban J connectivity index is 2.37. The lowest BCUT2D eigenvalue weighted by atomic mass is 10.1. The number of nitrogens with two attached hydrogens (primary N) is 1. The van der Waals surface area contributed by atoms with Crippen LogP contribution in [0.3, 0.4) is 0 Å². The van der Waals surface area contributed by atoms with Gasteiger partial charge in [0.25, 0.3) is 0 Å². The van der Waals surface area contributed by atoms with Gasteiger partial charge in [0.05, 0.1) is 11.5 Å². The molecule has 0 heterocycles. The molecule has 0 spiro atoms. The highest BCUT2D eigenvalue weighted by Crippen LogP contribution is 2.24. The van der Waals surface area contributed by atoms with Gasteiger partial charge in [0.15, 0.2) is 0 Å². The molecule has 0 saturated heterocycles. The average molecular weight is 272 g/mol. The van der Waals surface area contributed by atoms with Gasteiger partial charge in [0.1, 0.15) is 11.5 Å². The highest BCUT2D eigenvalue weighted by molar-refractivity contribution is 5.93. The molecule has 0 atom stereocenters. The number of carboxylic acids is 2. The Bertz CT molecular complexity index is 632. The van der Waals surface area contributed by atoms with Crippen molar-refractivity contribution in [1.29, 1.82) is 0 Å². The van der Waals surface area contributed by atoms with Crippen LogP contribution in [-0.4, -0.2) is 17.0 Å². The first-order chi connectivity index (χ1) is 9.45. The largest absolute Gasteiger partial charge is 0.545 e. The summed E-state index contributed by atoms with van der Waals surface area (Å²) in [5.41, 5.74) is 5.61. The highest BCUT2D eigenvalue weighted by Gasteiger charge is 2.09. The van der Waals surface area contributed by atoms with E-state index in [-0.39, 0.29) is 16.9 Å². The van der Waals surface area contributed by atoms with Gasteiger partial charge in [-0.05, 0) is 42.5 Å². The van der Waals surface area contributed by atoms with Gasteiger partial charge < -0.3 is 25.5 Å². The molecule has 6 nitrogen and oxygen atoms in total. The van der Waals surface area contributed by atoms with Crippen LogP contribution in [0, 0.1) is 0 Å². The molecule has 0 radical (unpaired) electrons. The fourth-order valence-electron chi connectivity index (χ4n) is 1.57. The number of nitrogen functional groups attached to an aromatic ring is 1. The summed E-state index contributed by atoms with van der Waals surface area (Å²) >= 11 is 0. The third kappa shape index (κ3) is 3.05. The number of aromatic carboxylic acids is 2. The molecule has 0 aliphatic carbocycles. The van der Waals surface area contributed by atoms with Gasteiger partial charge in [-0.3, -0.25) is 0 Å². The molecule has 2 aromatic carbocycles. The smallest absolute Gasteiger partial charge is 0.335 e. The Morgan fingerprint density at radius 1 is 1.00 bits per heavy atom. The van der Waals surface area contributed by atoms with Crippen LogP contribution in [0.25, 0.3) is 0 Å². The topological polar surface area (TPSA) is 113 Å². The average Bonchev–Trinajstić information content (AvgIpc) is 2.41. The molecule has 0 unspecified atom stereocenters. The Kier molecular flexibility index (Phi) is 3.56. The lowest BCUT2D eigenvalue weighted by molar-refractivity contribution is -0.255. The predicted octanol–water partition coefficient (Wildman–Crippen LogP) is 1.12. The fraction of sp³-hybridized carbons (Fsp3) is 0. The standard InChI is InChI=1S/C14H11NO5/c15-10-1-3-11(4-2-10)20-12-6-8(13(16)17)5-9(7-12)14(18)19/h1-7H,15H2,(H,16,17)(H,18,19)/p-1. The number of hydrogen-bond donors (Lipinski definition) is 2. The third-order valence-electron chi connectivity index (χ3n) is 2.50. The molecule has 0 aliphatic heterocycles. The van der Waals surface area contributed by atoms with E-state index in [0.717, 1.165) is 6.07 Å². The van der Waals surface area contributed by atoms with E-state index >= 15 is 0 Å². The highest BCUT2D eigenvalue weighted by atomic mass is 16.5. The van der Waals surface area contributed by atoms with E-state index in [4.69, 9.17) is 15.6 Å². The minimum absolute atomic E-state index is 0.0915. The second-order valence-corrected chi connectivity index (χ2v) is 4.01. The summed E-state index contributed by atoms with van der Waals surface area (Å²) in [4.78, 5) is 21.8. The van der Waals surface area contributed by atoms with E-state index < -0.39 is 11.9 Å². The second-order valence-electron chi connectivity index (χ2n) is 4.01. The molecular formula is C14H10NO5-. The SMILES string of the molecule is Nc1ccc(Oc2cc(C(=O)[O-])cc(C(=O)O)c2)cc1. The lowest BCUT2D eigenvalue weighted by Gasteiger charge is -2.10. The van der Waals surface area contributed by atoms with Gasteiger partial charge in [-0.2, -0.15) is 0 Å². The zero-order chi connectivity index (χ0) is 14.7. The van der Waals surface area contributed by atoms with E-state index in [9.17, 15) is 14.7 Å². The first kappa shape index (κ1) is 13.4. The Morgan fingerprint density at radius 2 is 1.60 bits per heavy atom. The van der Waals surface area contributed by atoms with Gasteiger partial charge >= 0.3 is 5.97 Å². The van der Waals surface area contributed by atoms with E-state index in [1.54, 1.807) is 24.3 Å². The van der Waals surface area contributed by atoms with Crippen molar-refractivity contribution in [2.24, 2.45) is 0 Å². The van der Waals surface area contributed by atoms with Crippen LogP contribution in [0.5, 0.6) is 11.5 Å². The van der Waals surface area contributed by atoms with Gasteiger partial charge in [0.2, 0.25) is 0 Å². The number of anilines is 1. The van der Waals surface area contributed by atoms with Crippen LogP contribution >= 0.6 is 0 Å². The molecule has 20 heavy (non-hydrogen) atoms. The minimum atomic E-state index is -1.48. The van der Waals surface area contributed by atoms with Crippen molar-refractivity contribution in [1.82, 2.24) is 0 Å². The number of carboxylic acid groups (broad SMARTS) is 2.